The Morgan fingerprint density at radius 1 is 1.00 bits per heavy atom. The summed E-state index contributed by atoms with van der Waals surface area (Å²) in [7, 11) is 0. The molecule has 0 fully saturated rings. The molecule has 0 radical (unpaired) electrons. The molecule has 0 aromatic carbocycles. The number of allylic oxidation sites excluding steroid dienone is 1. The number of ether oxygens (including phenoxy) is 1. The van der Waals surface area contributed by atoms with Crippen LogP contribution in [-0.2, 0) is 14.3 Å². The first kappa shape index (κ1) is 16.8. The van der Waals surface area contributed by atoms with Crippen LogP contribution in [0.5, 0.6) is 0 Å². The largest absolute Gasteiger partial charge is 0.396 e. The van der Waals surface area contributed by atoms with E-state index in [1.165, 1.54) is 6.92 Å². The van der Waals surface area contributed by atoms with Crippen LogP contribution in [0.25, 0.3) is 0 Å². The van der Waals surface area contributed by atoms with Gasteiger partial charge in [0.2, 0.25) is 0 Å². The van der Waals surface area contributed by atoms with E-state index in [0.29, 0.717) is 5.57 Å². The molecule has 3 N–H and O–H groups in total. The number of hydrogen-bond acceptors (Lipinski definition) is 6. The number of carbonyl (C=O) groups excluding carboxylic acids is 2. The van der Waals surface area contributed by atoms with E-state index in [2.05, 4.69) is 4.74 Å². The van der Waals surface area contributed by atoms with Gasteiger partial charge in [0.05, 0.1) is 31.7 Å². The van der Waals surface area contributed by atoms with E-state index >= 15 is 0 Å². The van der Waals surface area contributed by atoms with Crippen molar-refractivity contribution in [3.8, 4) is 0 Å². The van der Waals surface area contributed by atoms with Gasteiger partial charge in [0.1, 0.15) is 0 Å². The molecule has 0 aliphatic carbocycles. The second-order valence-corrected chi connectivity index (χ2v) is 4.54. The molecule has 0 unspecified atom stereocenters. The first-order valence-electron chi connectivity index (χ1n) is 5.53. The van der Waals surface area contributed by atoms with E-state index in [-0.39, 0.29) is 0 Å². The third kappa shape index (κ3) is 4.56. The van der Waals surface area contributed by atoms with Crippen molar-refractivity contribution in [2.45, 2.75) is 27.2 Å². The summed E-state index contributed by atoms with van der Waals surface area (Å²) in [4.78, 5) is 22.9. The summed E-state index contributed by atoms with van der Waals surface area (Å²) >= 11 is 0. The third-order valence-electron chi connectivity index (χ3n) is 2.79. The molecule has 0 heterocycles. The minimum absolute atomic E-state index is 0.325. The van der Waals surface area contributed by atoms with Crippen molar-refractivity contribution in [1.29, 1.82) is 0 Å². The van der Waals surface area contributed by atoms with Crippen LogP contribution in [0.3, 0.4) is 0 Å². The van der Waals surface area contributed by atoms with Gasteiger partial charge in [-0.25, -0.2) is 4.79 Å². The smallest absolute Gasteiger partial charge is 0.341 e. The molecule has 0 spiro atoms. The van der Waals surface area contributed by atoms with E-state index in [1.807, 2.05) is 0 Å². The summed E-state index contributed by atoms with van der Waals surface area (Å²) in [5.41, 5.74) is -0.313. The average Bonchev–Trinajstić information content (AvgIpc) is 2.34. The van der Waals surface area contributed by atoms with Crippen LogP contribution >= 0.6 is 0 Å². The van der Waals surface area contributed by atoms with Crippen molar-refractivity contribution in [3.05, 3.63) is 11.1 Å². The molecule has 0 aromatic heterocycles. The minimum atomic E-state index is -1.36. The van der Waals surface area contributed by atoms with Crippen molar-refractivity contribution in [1.82, 2.24) is 0 Å². The Kier molecular flexibility index (Phi) is 6.75. The summed E-state index contributed by atoms with van der Waals surface area (Å²) in [5, 5.41) is 27.1. The average molecular weight is 260 g/mol. The fourth-order valence-electron chi connectivity index (χ4n) is 1.04. The summed E-state index contributed by atoms with van der Waals surface area (Å²) in [6.45, 7) is 3.21. The zero-order valence-electron chi connectivity index (χ0n) is 10.9. The standard InChI is InChI=1S/C12H20O6/c1-8(2)9(3)11(17)18-10(16)4-12(5-13,6-14)7-15/h13-15H,4-7H2,1-3H3. The number of rotatable bonds is 6. The zero-order valence-corrected chi connectivity index (χ0v) is 10.9. The Morgan fingerprint density at radius 3 is 1.78 bits per heavy atom. The molecule has 6 nitrogen and oxygen atoms in total. The molecule has 0 aromatic rings. The number of aliphatic hydroxyl groups excluding tert-OH is 3. The highest BCUT2D eigenvalue weighted by Gasteiger charge is 2.32. The predicted molar refractivity (Wildman–Crippen MR) is 63.5 cm³/mol. The van der Waals surface area contributed by atoms with Crippen molar-refractivity contribution >= 4 is 11.9 Å². The van der Waals surface area contributed by atoms with E-state index in [0.717, 1.165) is 5.57 Å². The lowest BCUT2D eigenvalue weighted by atomic mass is 9.87. The van der Waals surface area contributed by atoms with Crippen molar-refractivity contribution in [3.63, 3.8) is 0 Å². The molecule has 0 amide bonds. The number of esters is 2. The van der Waals surface area contributed by atoms with Gasteiger partial charge in [0, 0.05) is 5.57 Å². The van der Waals surface area contributed by atoms with Gasteiger partial charge in [0.15, 0.2) is 0 Å². The zero-order chi connectivity index (χ0) is 14.3. The molecule has 0 saturated carbocycles. The summed E-state index contributed by atoms with van der Waals surface area (Å²) in [6, 6.07) is 0. The summed E-state index contributed by atoms with van der Waals surface area (Å²) in [6.07, 6.45) is -0.432. The van der Waals surface area contributed by atoms with E-state index in [9.17, 15) is 9.59 Å². The van der Waals surface area contributed by atoms with E-state index in [4.69, 9.17) is 15.3 Å². The molecule has 0 atom stereocenters. The SMILES string of the molecule is CC(C)=C(C)C(=O)OC(=O)CC(CO)(CO)CO. The third-order valence-corrected chi connectivity index (χ3v) is 2.79. The van der Waals surface area contributed by atoms with Crippen LogP contribution < -0.4 is 0 Å². The molecular formula is C12H20O6. The van der Waals surface area contributed by atoms with Gasteiger partial charge >= 0.3 is 11.9 Å². The summed E-state index contributed by atoms with van der Waals surface area (Å²) in [5.74, 6) is -1.65. The minimum Gasteiger partial charge on any atom is -0.396 e. The summed E-state index contributed by atoms with van der Waals surface area (Å²) < 4.78 is 4.57. The molecule has 0 rings (SSSR count). The maximum atomic E-state index is 11.5. The second-order valence-electron chi connectivity index (χ2n) is 4.54. The highest BCUT2D eigenvalue weighted by Crippen LogP contribution is 2.21. The van der Waals surface area contributed by atoms with Crippen LogP contribution in [0, 0.1) is 5.41 Å². The Morgan fingerprint density at radius 2 is 1.44 bits per heavy atom. The van der Waals surface area contributed by atoms with Gasteiger partial charge in [-0.2, -0.15) is 0 Å². The Balaban J connectivity index is 4.62. The predicted octanol–water partition coefficient (Wildman–Crippen LogP) is -0.234. The normalized spacial score (nSPS) is 11.0. The molecule has 0 aliphatic heterocycles. The maximum absolute atomic E-state index is 11.5. The molecule has 6 heteroatoms. The first-order valence-corrected chi connectivity index (χ1v) is 5.53. The van der Waals surface area contributed by atoms with Crippen LogP contribution in [0.4, 0.5) is 0 Å². The number of hydrogen-bond donors (Lipinski definition) is 3. The number of carbonyl (C=O) groups is 2. The van der Waals surface area contributed by atoms with Gasteiger partial charge in [-0.15, -0.1) is 0 Å². The molecule has 18 heavy (non-hydrogen) atoms. The molecule has 104 valence electrons. The maximum Gasteiger partial charge on any atom is 0.341 e. The molecule has 0 saturated heterocycles. The Hall–Kier alpha value is -1.24. The second kappa shape index (κ2) is 7.25. The van der Waals surface area contributed by atoms with Crippen molar-refractivity contribution < 1.29 is 29.6 Å². The Bertz CT molecular complexity index is 328. The first-order chi connectivity index (χ1) is 8.31. The highest BCUT2D eigenvalue weighted by atomic mass is 16.6. The van der Waals surface area contributed by atoms with Crippen LogP contribution in [0.1, 0.15) is 27.2 Å². The fourth-order valence-corrected chi connectivity index (χ4v) is 1.04. The molecular weight excluding hydrogens is 240 g/mol. The van der Waals surface area contributed by atoms with Crippen molar-refractivity contribution in [2.75, 3.05) is 19.8 Å². The quantitative estimate of drug-likeness (QED) is 0.346. The Labute approximate surface area is 106 Å². The highest BCUT2D eigenvalue weighted by molar-refractivity contribution is 5.96. The lowest BCUT2D eigenvalue weighted by molar-refractivity contribution is -0.160. The lowest BCUT2D eigenvalue weighted by Crippen LogP contribution is -2.37. The molecule has 0 aliphatic rings. The van der Waals surface area contributed by atoms with Gasteiger partial charge in [-0.1, -0.05) is 5.57 Å². The monoisotopic (exact) mass is 260 g/mol. The van der Waals surface area contributed by atoms with Crippen LogP contribution in [0.15, 0.2) is 11.1 Å². The van der Waals surface area contributed by atoms with Crippen molar-refractivity contribution in [2.24, 2.45) is 5.41 Å². The van der Waals surface area contributed by atoms with Crippen LogP contribution in [0.2, 0.25) is 0 Å². The topological polar surface area (TPSA) is 104 Å². The van der Waals surface area contributed by atoms with E-state index < -0.39 is 43.6 Å². The van der Waals surface area contributed by atoms with E-state index in [1.54, 1.807) is 13.8 Å². The van der Waals surface area contributed by atoms with Gasteiger partial charge in [-0.3, -0.25) is 4.79 Å². The molecule has 0 bridgehead atoms. The fraction of sp³-hybridized carbons (Fsp3) is 0.667. The van der Waals surface area contributed by atoms with Gasteiger partial charge < -0.3 is 20.1 Å². The lowest BCUT2D eigenvalue weighted by Gasteiger charge is -2.25. The van der Waals surface area contributed by atoms with Gasteiger partial charge in [-0.05, 0) is 20.8 Å². The van der Waals surface area contributed by atoms with Crippen LogP contribution in [-0.4, -0.2) is 47.1 Å². The van der Waals surface area contributed by atoms with Gasteiger partial charge in [0.25, 0.3) is 0 Å². The number of aliphatic hydroxyl groups is 3.